The van der Waals surface area contributed by atoms with Crippen LogP contribution in [0.5, 0.6) is 0 Å². The molecule has 0 fully saturated rings. The van der Waals surface area contributed by atoms with Gasteiger partial charge in [0.2, 0.25) is 0 Å². The molecule has 0 saturated heterocycles. The van der Waals surface area contributed by atoms with Gasteiger partial charge in [-0.15, -0.1) is 11.3 Å². The molecule has 2 aromatic rings. The van der Waals surface area contributed by atoms with E-state index in [0.717, 1.165) is 8.66 Å². The van der Waals surface area contributed by atoms with Gasteiger partial charge in [-0.25, -0.2) is 0 Å². The van der Waals surface area contributed by atoms with Crippen LogP contribution in [0.2, 0.25) is 0 Å². The van der Waals surface area contributed by atoms with Crippen LogP contribution in [-0.2, 0) is 5.54 Å². The van der Waals surface area contributed by atoms with Crippen molar-refractivity contribution in [2.45, 2.75) is 19.4 Å². The summed E-state index contributed by atoms with van der Waals surface area (Å²) in [5, 5.41) is 3.85. The molecule has 0 aliphatic rings. The minimum Gasteiger partial charge on any atom is -0.333 e. The van der Waals surface area contributed by atoms with Gasteiger partial charge in [0.1, 0.15) is 0 Å². The summed E-state index contributed by atoms with van der Waals surface area (Å²) < 4.78 is 6.17. The van der Waals surface area contributed by atoms with E-state index in [1.54, 1.807) is 11.3 Å². The molecule has 0 bridgehead atoms. The summed E-state index contributed by atoms with van der Waals surface area (Å²) >= 11 is 4.92. The molecule has 2 aromatic heterocycles. The Bertz CT molecular complexity index is 472. The molecule has 4 nitrogen and oxygen atoms in total. The van der Waals surface area contributed by atoms with Gasteiger partial charge in [-0.2, -0.15) is 4.98 Å². The van der Waals surface area contributed by atoms with Crippen molar-refractivity contribution in [1.82, 2.24) is 10.1 Å². The lowest BCUT2D eigenvalue weighted by Gasteiger charge is -2.11. The second kappa shape index (κ2) is 3.70. The fourth-order valence-electron chi connectivity index (χ4n) is 1.01. The number of hydrogen-bond acceptors (Lipinski definition) is 5. The third kappa shape index (κ3) is 2.27. The molecule has 0 amide bonds. The highest BCUT2D eigenvalue weighted by Crippen LogP contribution is 2.30. The second-order valence-electron chi connectivity index (χ2n) is 3.75. The molecule has 0 aliphatic heterocycles. The summed E-state index contributed by atoms with van der Waals surface area (Å²) in [6.45, 7) is 3.68. The van der Waals surface area contributed by atoms with Crippen molar-refractivity contribution in [3.8, 4) is 10.8 Å². The van der Waals surface area contributed by atoms with Crippen LogP contribution >= 0.6 is 27.3 Å². The Morgan fingerprint density at radius 2 is 2.20 bits per heavy atom. The summed E-state index contributed by atoms with van der Waals surface area (Å²) in [5.74, 6) is 1.03. The van der Waals surface area contributed by atoms with E-state index in [1.807, 2.05) is 26.0 Å². The lowest BCUT2D eigenvalue weighted by molar-refractivity contribution is 0.397. The summed E-state index contributed by atoms with van der Waals surface area (Å²) in [6, 6.07) is 3.87. The molecular formula is C9H10BrN3OS. The SMILES string of the molecule is CC(C)(N)c1noc(-c2ccc(Br)s2)n1. The number of thiophene rings is 1. The molecule has 2 N–H and O–H groups in total. The van der Waals surface area contributed by atoms with Gasteiger partial charge >= 0.3 is 0 Å². The highest BCUT2D eigenvalue weighted by Gasteiger charge is 2.22. The summed E-state index contributed by atoms with van der Waals surface area (Å²) in [6.07, 6.45) is 0. The third-order valence-corrected chi connectivity index (χ3v) is 3.40. The Hall–Kier alpha value is -0.720. The van der Waals surface area contributed by atoms with Crippen molar-refractivity contribution < 1.29 is 4.52 Å². The van der Waals surface area contributed by atoms with Gasteiger partial charge in [0, 0.05) is 0 Å². The van der Waals surface area contributed by atoms with Gasteiger partial charge < -0.3 is 10.3 Å². The van der Waals surface area contributed by atoms with Gasteiger partial charge in [0.05, 0.1) is 14.2 Å². The smallest absolute Gasteiger partial charge is 0.268 e. The Kier molecular flexibility index (Phi) is 2.66. The third-order valence-electron chi connectivity index (χ3n) is 1.79. The molecule has 0 spiro atoms. The largest absolute Gasteiger partial charge is 0.333 e. The van der Waals surface area contributed by atoms with Crippen molar-refractivity contribution in [1.29, 1.82) is 0 Å². The minimum absolute atomic E-state index is 0.513. The van der Waals surface area contributed by atoms with Crippen LogP contribution in [0.1, 0.15) is 19.7 Å². The van der Waals surface area contributed by atoms with E-state index in [2.05, 4.69) is 26.1 Å². The van der Waals surface area contributed by atoms with Crippen LogP contribution in [-0.4, -0.2) is 10.1 Å². The highest BCUT2D eigenvalue weighted by molar-refractivity contribution is 9.11. The van der Waals surface area contributed by atoms with Crippen LogP contribution in [0.3, 0.4) is 0 Å². The van der Waals surface area contributed by atoms with Gasteiger partial charge in [0.15, 0.2) is 5.82 Å². The first-order valence-corrected chi connectivity index (χ1v) is 5.96. The van der Waals surface area contributed by atoms with E-state index in [-0.39, 0.29) is 0 Å². The molecule has 80 valence electrons. The zero-order chi connectivity index (χ0) is 11.1. The number of halogens is 1. The Balaban J connectivity index is 2.36. The number of nitrogens with two attached hydrogens (primary N) is 1. The van der Waals surface area contributed by atoms with E-state index < -0.39 is 5.54 Å². The number of hydrogen-bond donors (Lipinski definition) is 1. The Labute approximate surface area is 99.6 Å². The lowest BCUT2D eigenvalue weighted by atomic mass is 10.1. The van der Waals surface area contributed by atoms with E-state index in [0.29, 0.717) is 11.7 Å². The maximum atomic E-state index is 5.86. The Morgan fingerprint density at radius 1 is 1.47 bits per heavy atom. The predicted octanol–water partition coefficient (Wildman–Crippen LogP) is 2.75. The van der Waals surface area contributed by atoms with Crippen LogP contribution in [0, 0.1) is 0 Å². The predicted molar refractivity (Wildman–Crippen MR) is 62.5 cm³/mol. The van der Waals surface area contributed by atoms with E-state index in [9.17, 15) is 0 Å². The van der Waals surface area contributed by atoms with Crippen molar-refractivity contribution in [3.63, 3.8) is 0 Å². The van der Waals surface area contributed by atoms with E-state index in [4.69, 9.17) is 10.3 Å². The molecule has 0 radical (unpaired) electrons. The fourth-order valence-corrected chi connectivity index (χ4v) is 2.32. The van der Waals surface area contributed by atoms with E-state index in [1.165, 1.54) is 0 Å². The molecule has 0 saturated carbocycles. The lowest BCUT2D eigenvalue weighted by Crippen LogP contribution is -2.30. The van der Waals surface area contributed by atoms with Crippen LogP contribution in [0.4, 0.5) is 0 Å². The normalized spacial score (nSPS) is 12.0. The average Bonchev–Trinajstić information content (AvgIpc) is 2.69. The van der Waals surface area contributed by atoms with Crippen LogP contribution < -0.4 is 5.73 Å². The maximum absolute atomic E-state index is 5.86. The van der Waals surface area contributed by atoms with Crippen LogP contribution in [0.25, 0.3) is 10.8 Å². The molecule has 15 heavy (non-hydrogen) atoms. The highest BCUT2D eigenvalue weighted by atomic mass is 79.9. The van der Waals surface area contributed by atoms with Gasteiger partial charge in [-0.05, 0) is 41.9 Å². The maximum Gasteiger partial charge on any atom is 0.268 e. The first-order chi connectivity index (χ1) is 6.97. The van der Waals surface area contributed by atoms with Crippen molar-refractivity contribution >= 4 is 27.3 Å². The zero-order valence-electron chi connectivity index (χ0n) is 8.32. The summed E-state index contributed by atoms with van der Waals surface area (Å²) in [7, 11) is 0. The summed E-state index contributed by atoms with van der Waals surface area (Å²) in [4.78, 5) is 5.19. The zero-order valence-corrected chi connectivity index (χ0v) is 10.7. The minimum atomic E-state index is -0.573. The quantitative estimate of drug-likeness (QED) is 0.922. The molecule has 2 rings (SSSR count). The standard InChI is InChI=1S/C9H10BrN3OS/c1-9(2,11)8-12-7(14-13-8)5-3-4-6(10)15-5/h3-4H,11H2,1-2H3. The molecule has 0 aromatic carbocycles. The monoisotopic (exact) mass is 287 g/mol. The van der Waals surface area contributed by atoms with Crippen molar-refractivity contribution in [2.24, 2.45) is 5.73 Å². The molecule has 0 unspecified atom stereocenters. The Morgan fingerprint density at radius 3 is 2.67 bits per heavy atom. The molecule has 0 atom stereocenters. The number of aromatic nitrogens is 2. The first kappa shape index (κ1) is 10.8. The molecule has 2 heterocycles. The van der Waals surface area contributed by atoms with Crippen molar-refractivity contribution in [3.05, 3.63) is 21.7 Å². The average molecular weight is 288 g/mol. The van der Waals surface area contributed by atoms with Gasteiger partial charge in [0.25, 0.3) is 5.89 Å². The molecular weight excluding hydrogens is 278 g/mol. The fraction of sp³-hybridized carbons (Fsp3) is 0.333. The van der Waals surface area contributed by atoms with Gasteiger partial charge in [-0.1, -0.05) is 5.16 Å². The number of nitrogens with zero attached hydrogens (tertiary/aromatic N) is 2. The van der Waals surface area contributed by atoms with Crippen molar-refractivity contribution in [2.75, 3.05) is 0 Å². The second-order valence-corrected chi connectivity index (χ2v) is 6.21. The topological polar surface area (TPSA) is 64.9 Å². The summed E-state index contributed by atoms with van der Waals surface area (Å²) in [5.41, 5.74) is 5.29. The van der Waals surface area contributed by atoms with Crippen LogP contribution in [0.15, 0.2) is 20.4 Å². The van der Waals surface area contributed by atoms with Gasteiger partial charge in [-0.3, -0.25) is 0 Å². The molecule has 6 heteroatoms. The molecule has 0 aliphatic carbocycles. The van der Waals surface area contributed by atoms with E-state index >= 15 is 0 Å². The first-order valence-electron chi connectivity index (χ1n) is 4.35. The number of rotatable bonds is 2.